The molecule has 1 aliphatic rings. The van der Waals surface area contributed by atoms with E-state index in [1.54, 1.807) is 0 Å². The monoisotopic (exact) mass is 334 g/mol. The van der Waals surface area contributed by atoms with Gasteiger partial charge in [0.15, 0.2) is 0 Å². The number of hydrogen-bond donors (Lipinski definition) is 2. The molecule has 1 fully saturated rings. The Balaban J connectivity index is 1.67. The molecule has 0 radical (unpaired) electrons. The van der Waals surface area contributed by atoms with Crippen molar-refractivity contribution in [1.82, 2.24) is 9.97 Å². The van der Waals surface area contributed by atoms with Gasteiger partial charge in [0.05, 0.1) is 6.10 Å². The molecule has 2 N–H and O–H groups in total. The number of nitrogens with zero attached hydrogens (tertiary/aromatic N) is 2. The Hall–Kier alpha value is -2.61. The molecule has 1 atom stereocenters. The van der Waals surface area contributed by atoms with Crippen LogP contribution < -0.4 is 10.6 Å². The van der Waals surface area contributed by atoms with Crippen molar-refractivity contribution < 1.29 is 18.3 Å². The van der Waals surface area contributed by atoms with Crippen molar-refractivity contribution in [3.8, 4) is 0 Å². The zero-order valence-corrected chi connectivity index (χ0v) is 12.8. The minimum atomic E-state index is -0.853. The molecule has 2 heterocycles. The van der Waals surface area contributed by atoms with Gasteiger partial charge in [0.2, 0.25) is 0 Å². The summed E-state index contributed by atoms with van der Waals surface area (Å²) in [5.74, 6) is -1.98. The first-order valence-electron chi connectivity index (χ1n) is 7.56. The number of ether oxygens (including phenoxy) is 1. The summed E-state index contributed by atoms with van der Waals surface area (Å²) in [5.41, 5.74) is -0.502. The number of anilines is 2. The highest BCUT2D eigenvalue weighted by atomic mass is 19.1. The molecule has 6 nitrogen and oxygen atoms in total. The first-order valence-corrected chi connectivity index (χ1v) is 7.56. The van der Waals surface area contributed by atoms with E-state index in [4.69, 9.17) is 4.74 Å². The molecule has 3 rings (SSSR count). The SMILES string of the molecule is O=C(Nc1c(F)cccc1F)c1cc(NCC2CCCO2)ncn1. The Bertz CT molecular complexity index is 716. The fourth-order valence-electron chi connectivity index (χ4n) is 2.40. The second kappa shape index (κ2) is 7.31. The number of nitrogens with one attached hydrogen (secondary N) is 2. The number of carbonyl (C=O) groups is 1. The molecule has 24 heavy (non-hydrogen) atoms. The topological polar surface area (TPSA) is 76.1 Å². The Labute approximate surface area is 137 Å². The van der Waals surface area contributed by atoms with Crippen LogP contribution in [-0.4, -0.2) is 35.1 Å². The maximum atomic E-state index is 13.6. The smallest absolute Gasteiger partial charge is 0.274 e. The fraction of sp³-hybridized carbons (Fsp3) is 0.312. The van der Waals surface area contributed by atoms with Crippen LogP contribution in [0, 0.1) is 11.6 Å². The van der Waals surface area contributed by atoms with Crippen LogP contribution in [0.1, 0.15) is 23.3 Å². The summed E-state index contributed by atoms with van der Waals surface area (Å²) >= 11 is 0. The first kappa shape index (κ1) is 16.3. The molecule has 2 aromatic rings. The summed E-state index contributed by atoms with van der Waals surface area (Å²) < 4.78 is 32.7. The van der Waals surface area contributed by atoms with Gasteiger partial charge in [0.25, 0.3) is 5.91 Å². The Morgan fingerprint density at radius 3 is 2.79 bits per heavy atom. The number of para-hydroxylation sites is 1. The summed E-state index contributed by atoms with van der Waals surface area (Å²) in [6.45, 7) is 1.32. The minimum absolute atomic E-state index is 0.00231. The largest absolute Gasteiger partial charge is 0.376 e. The molecule has 0 spiro atoms. The predicted octanol–water partition coefficient (Wildman–Crippen LogP) is 2.60. The highest BCUT2D eigenvalue weighted by molar-refractivity contribution is 6.03. The van der Waals surface area contributed by atoms with Crippen molar-refractivity contribution in [3.05, 3.63) is 47.9 Å². The average Bonchev–Trinajstić information content (AvgIpc) is 3.10. The highest BCUT2D eigenvalue weighted by Gasteiger charge is 2.17. The third-order valence-electron chi connectivity index (χ3n) is 3.64. The third-order valence-corrected chi connectivity index (χ3v) is 3.64. The summed E-state index contributed by atoms with van der Waals surface area (Å²) in [6, 6.07) is 4.77. The van der Waals surface area contributed by atoms with Gasteiger partial charge >= 0.3 is 0 Å². The number of carbonyl (C=O) groups excluding carboxylic acids is 1. The van der Waals surface area contributed by atoms with Crippen molar-refractivity contribution in [1.29, 1.82) is 0 Å². The zero-order chi connectivity index (χ0) is 16.9. The van der Waals surface area contributed by atoms with E-state index in [9.17, 15) is 13.6 Å². The van der Waals surface area contributed by atoms with E-state index >= 15 is 0 Å². The van der Waals surface area contributed by atoms with Crippen molar-refractivity contribution in [3.63, 3.8) is 0 Å². The quantitative estimate of drug-likeness (QED) is 0.879. The van der Waals surface area contributed by atoms with Crippen molar-refractivity contribution in [2.24, 2.45) is 0 Å². The van der Waals surface area contributed by atoms with Crippen LogP contribution in [0.25, 0.3) is 0 Å². The van der Waals surface area contributed by atoms with Gasteiger partial charge in [-0.05, 0) is 25.0 Å². The Morgan fingerprint density at radius 1 is 1.29 bits per heavy atom. The van der Waals surface area contributed by atoms with E-state index in [2.05, 4.69) is 20.6 Å². The van der Waals surface area contributed by atoms with Gasteiger partial charge < -0.3 is 15.4 Å². The van der Waals surface area contributed by atoms with E-state index in [0.29, 0.717) is 12.4 Å². The second-order valence-corrected chi connectivity index (χ2v) is 5.36. The molecule has 1 amide bonds. The van der Waals surface area contributed by atoms with Crippen molar-refractivity contribution in [2.75, 3.05) is 23.8 Å². The van der Waals surface area contributed by atoms with Gasteiger partial charge in [-0.1, -0.05) is 6.07 Å². The van der Waals surface area contributed by atoms with Gasteiger partial charge in [-0.25, -0.2) is 18.7 Å². The van der Waals surface area contributed by atoms with Gasteiger partial charge in [-0.2, -0.15) is 0 Å². The van der Waals surface area contributed by atoms with E-state index in [1.807, 2.05) is 0 Å². The van der Waals surface area contributed by atoms with Gasteiger partial charge in [-0.15, -0.1) is 0 Å². The number of amides is 1. The average molecular weight is 334 g/mol. The lowest BCUT2D eigenvalue weighted by Crippen LogP contribution is -2.20. The highest BCUT2D eigenvalue weighted by Crippen LogP contribution is 2.19. The van der Waals surface area contributed by atoms with Crippen molar-refractivity contribution in [2.45, 2.75) is 18.9 Å². The standard InChI is InChI=1S/C16H16F2N4O2/c17-11-4-1-5-12(18)15(11)22-16(23)13-7-14(21-9-20-13)19-8-10-3-2-6-24-10/h1,4-5,7,9-10H,2-3,6,8H2,(H,22,23)(H,19,20,21). The summed E-state index contributed by atoms with van der Waals surface area (Å²) in [4.78, 5) is 20.0. The summed E-state index contributed by atoms with van der Waals surface area (Å²) in [6.07, 6.45) is 3.32. The molecule has 1 aliphatic heterocycles. The van der Waals surface area contributed by atoms with Crippen LogP contribution in [-0.2, 0) is 4.74 Å². The van der Waals surface area contributed by atoms with Crippen LogP contribution in [0.4, 0.5) is 20.3 Å². The molecule has 1 unspecified atom stereocenters. The lowest BCUT2D eigenvalue weighted by atomic mass is 10.2. The maximum absolute atomic E-state index is 13.6. The molecule has 1 aromatic heterocycles. The summed E-state index contributed by atoms with van der Waals surface area (Å²) in [7, 11) is 0. The zero-order valence-electron chi connectivity index (χ0n) is 12.8. The number of rotatable bonds is 5. The molecule has 1 aromatic carbocycles. The minimum Gasteiger partial charge on any atom is -0.376 e. The number of aromatic nitrogens is 2. The van der Waals surface area contributed by atoms with Crippen LogP contribution in [0.3, 0.4) is 0 Å². The molecule has 0 aliphatic carbocycles. The predicted molar refractivity (Wildman–Crippen MR) is 83.8 cm³/mol. The molecule has 0 bridgehead atoms. The normalized spacial score (nSPS) is 16.8. The lowest BCUT2D eigenvalue weighted by Gasteiger charge is -2.12. The number of benzene rings is 1. The fourth-order valence-corrected chi connectivity index (χ4v) is 2.40. The maximum Gasteiger partial charge on any atom is 0.274 e. The van der Waals surface area contributed by atoms with E-state index < -0.39 is 23.2 Å². The third kappa shape index (κ3) is 3.83. The van der Waals surface area contributed by atoms with Gasteiger partial charge in [0.1, 0.15) is 35.2 Å². The van der Waals surface area contributed by atoms with E-state index in [0.717, 1.165) is 31.6 Å². The van der Waals surface area contributed by atoms with Gasteiger partial charge in [-0.3, -0.25) is 4.79 Å². The number of hydrogen-bond acceptors (Lipinski definition) is 5. The van der Waals surface area contributed by atoms with Crippen molar-refractivity contribution >= 4 is 17.4 Å². The van der Waals surface area contributed by atoms with E-state index in [-0.39, 0.29) is 11.8 Å². The molecule has 126 valence electrons. The second-order valence-electron chi connectivity index (χ2n) is 5.36. The Morgan fingerprint density at radius 2 is 2.08 bits per heavy atom. The molecule has 8 heteroatoms. The first-order chi connectivity index (χ1) is 11.6. The van der Waals surface area contributed by atoms with Gasteiger partial charge in [0, 0.05) is 19.2 Å². The van der Waals surface area contributed by atoms with Crippen LogP contribution in [0.15, 0.2) is 30.6 Å². The summed E-state index contributed by atoms with van der Waals surface area (Å²) in [5, 5.41) is 5.25. The lowest BCUT2D eigenvalue weighted by molar-refractivity contribution is 0.102. The molecular formula is C16H16F2N4O2. The number of halogens is 2. The molecular weight excluding hydrogens is 318 g/mol. The van der Waals surface area contributed by atoms with E-state index in [1.165, 1.54) is 18.5 Å². The Kier molecular flexibility index (Phi) is 4.95. The molecule has 1 saturated heterocycles. The van der Waals surface area contributed by atoms with Crippen LogP contribution in [0.5, 0.6) is 0 Å². The van der Waals surface area contributed by atoms with Crippen LogP contribution >= 0.6 is 0 Å². The van der Waals surface area contributed by atoms with Crippen LogP contribution in [0.2, 0.25) is 0 Å². The molecule has 0 saturated carbocycles.